The number of rotatable bonds is 4. The summed E-state index contributed by atoms with van der Waals surface area (Å²) in [4.78, 5) is 20.1. The molecule has 0 bridgehead atoms. The van der Waals surface area contributed by atoms with E-state index >= 15 is 0 Å². The largest absolute Gasteiger partial charge is 0.479 e. The van der Waals surface area contributed by atoms with Crippen molar-refractivity contribution in [3.63, 3.8) is 0 Å². The smallest absolute Gasteiger partial charge is 0.267 e. The molecule has 1 N–H and O–H groups in total. The van der Waals surface area contributed by atoms with E-state index in [0.717, 1.165) is 5.69 Å². The van der Waals surface area contributed by atoms with Crippen molar-refractivity contribution < 1.29 is 9.53 Å². The predicted molar refractivity (Wildman–Crippen MR) is 82.0 cm³/mol. The molecule has 0 spiro atoms. The van der Waals surface area contributed by atoms with Gasteiger partial charge in [-0.25, -0.2) is 9.97 Å². The average molecular weight is 326 g/mol. The fourth-order valence-electron chi connectivity index (χ4n) is 1.54. The Balaban J connectivity index is 2.02. The molecule has 7 heteroatoms. The summed E-state index contributed by atoms with van der Waals surface area (Å²) in [7, 11) is 0. The number of hydrogen-bond donors (Lipinski definition) is 1. The van der Waals surface area contributed by atoms with Gasteiger partial charge in [0.2, 0.25) is 5.95 Å². The maximum atomic E-state index is 12.0. The van der Waals surface area contributed by atoms with Gasteiger partial charge in [-0.3, -0.25) is 10.1 Å². The molecule has 21 heavy (non-hydrogen) atoms. The lowest BCUT2D eigenvalue weighted by Gasteiger charge is -2.15. The monoisotopic (exact) mass is 325 g/mol. The summed E-state index contributed by atoms with van der Waals surface area (Å²) in [6.45, 7) is 3.42. The fourth-order valence-corrected chi connectivity index (χ4v) is 1.99. The molecule has 1 aromatic carbocycles. The van der Waals surface area contributed by atoms with Crippen LogP contribution in [0.1, 0.15) is 12.6 Å². The van der Waals surface area contributed by atoms with Gasteiger partial charge in [0.25, 0.3) is 5.91 Å². The first-order valence-electron chi connectivity index (χ1n) is 6.18. The highest BCUT2D eigenvalue weighted by Gasteiger charge is 2.17. The van der Waals surface area contributed by atoms with Crippen LogP contribution in [-0.4, -0.2) is 22.0 Å². The second kappa shape index (κ2) is 6.74. The lowest BCUT2D eigenvalue weighted by atomic mass is 10.3. The van der Waals surface area contributed by atoms with Crippen molar-refractivity contribution in [1.29, 1.82) is 0 Å². The Hall–Kier alpha value is -1.85. The van der Waals surface area contributed by atoms with Crippen LogP contribution in [0.3, 0.4) is 0 Å². The molecule has 2 rings (SSSR count). The highest BCUT2D eigenvalue weighted by molar-refractivity contribution is 6.35. The lowest BCUT2D eigenvalue weighted by molar-refractivity contribution is -0.122. The molecule has 0 saturated carbocycles. The highest BCUT2D eigenvalue weighted by Crippen LogP contribution is 2.28. The molecule has 0 aliphatic heterocycles. The first-order valence-corrected chi connectivity index (χ1v) is 6.93. The van der Waals surface area contributed by atoms with E-state index in [9.17, 15) is 4.79 Å². The number of amides is 1. The molecular formula is C14H13Cl2N3O2. The van der Waals surface area contributed by atoms with E-state index in [1.54, 1.807) is 37.4 Å². The molecule has 0 aliphatic carbocycles. The van der Waals surface area contributed by atoms with E-state index in [0.29, 0.717) is 15.8 Å². The molecule has 0 radical (unpaired) electrons. The Kier molecular flexibility index (Phi) is 4.98. The van der Waals surface area contributed by atoms with Crippen LogP contribution in [0.4, 0.5) is 5.95 Å². The third kappa shape index (κ3) is 4.31. The number of hydrogen-bond acceptors (Lipinski definition) is 4. The van der Waals surface area contributed by atoms with Gasteiger partial charge in [0.05, 0.1) is 5.02 Å². The van der Waals surface area contributed by atoms with Gasteiger partial charge >= 0.3 is 0 Å². The molecule has 5 nitrogen and oxygen atoms in total. The molecule has 0 fully saturated rings. The summed E-state index contributed by atoms with van der Waals surface area (Å²) in [5.74, 6) is 0.248. The zero-order chi connectivity index (χ0) is 15.4. The minimum absolute atomic E-state index is 0.234. The second-order valence-corrected chi connectivity index (χ2v) is 5.19. The van der Waals surface area contributed by atoms with Gasteiger partial charge in [0.15, 0.2) is 6.10 Å². The minimum Gasteiger partial charge on any atom is -0.479 e. The molecule has 1 amide bonds. The number of halogens is 2. The summed E-state index contributed by atoms with van der Waals surface area (Å²) < 4.78 is 5.51. The van der Waals surface area contributed by atoms with Gasteiger partial charge in [-0.15, -0.1) is 0 Å². The van der Waals surface area contributed by atoms with Crippen LogP contribution in [0.15, 0.2) is 30.5 Å². The Bertz CT molecular complexity index is 664. The van der Waals surface area contributed by atoms with Crippen LogP contribution in [0, 0.1) is 6.92 Å². The molecule has 1 heterocycles. The summed E-state index contributed by atoms with van der Waals surface area (Å²) in [5.41, 5.74) is 0.759. The molecular weight excluding hydrogens is 313 g/mol. The van der Waals surface area contributed by atoms with E-state index in [1.807, 2.05) is 6.92 Å². The lowest BCUT2D eigenvalue weighted by Crippen LogP contribution is -2.31. The van der Waals surface area contributed by atoms with Gasteiger partial charge in [-0.1, -0.05) is 23.2 Å². The fraction of sp³-hybridized carbons (Fsp3) is 0.214. The number of nitrogens with zero attached hydrogens (tertiary/aromatic N) is 2. The topological polar surface area (TPSA) is 64.1 Å². The van der Waals surface area contributed by atoms with Crippen LogP contribution in [0.25, 0.3) is 0 Å². The Morgan fingerprint density at radius 2 is 2.10 bits per heavy atom. The van der Waals surface area contributed by atoms with Crippen molar-refractivity contribution in [2.45, 2.75) is 20.0 Å². The quantitative estimate of drug-likeness (QED) is 0.934. The van der Waals surface area contributed by atoms with Crippen molar-refractivity contribution in [2.24, 2.45) is 0 Å². The predicted octanol–water partition coefficient (Wildman–Crippen LogP) is 3.50. The van der Waals surface area contributed by atoms with Crippen molar-refractivity contribution in [3.8, 4) is 5.75 Å². The van der Waals surface area contributed by atoms with Gasteiger partial charge in [-0.05, 0) is 38.1 Å². The standard InChI is InChI=1S/C14H13Cl2N3O2/c1-8-5-6-17-14(18-8)19-13(20)9(2)21-12-4-3-10(15)7-11(12)16/h3-7,9H,1-2H3,(H,17,18,19,20)/t9-/m0/s1. The molecule has 0 unspecified atom stereocenters. The normalized spacial score (nSPS) is 11.8. The molecule has 1 atom stereocenters. The maximum Gasteiger partial charge on any atom is 0.267 e. The van der Waals surface area contributed by atoms with Gasteiger partial charge in [-0.2, -0.15) is 0 Å². The van der Waals surface area contributed by atoms with Gasteiger partial charge in [0, 0.05) is 16.9 Å². The van der Waals surface area contributed by atoms with Gasteiger partial charge < -0.3 is 4.74 Å². The third-order valence-electron chi connectivity index (χ3n) is 2.60. The number of ether oxygens (including phenoxy) is 1. The second-order valence-electron chi connectivity index (χ2n) is 4.35. The number of nitrogens with one attached hydrogen (secondary N) is 1. The van der Waals surface area contributed by atoms with Crippen molar-refractivity contribution in [2.75, 3.05) is 5.32 Å². The summed E-state index contributed by atoms with van der Waals surface area (Å²) in [6, 6.07) is 6.53. The zero-order valence-electron chi connectivity index (χ0n) is 11.4. The van der Waals surface area contributed by atoms with E-state index < -0.39 is 6.10 Å². The van der Waals surface area contributed by atoms with Crippen molar-refractivity contribution in [3.05, 3.63) is 46.2 Å². The van der Waals surface area contributed by atoms with Crippen LogP contribution in [-0.2, 0) is 4.79 Å². The Morgan fingerprint density at radius 1 is 1.33 bits per heavy atom. The molecule has 1 aromatic heterocycles. The zero-order valence-corrected chi connectivity index (χ0v) is 12.9. The Morgan fingerprint density at radius 3 is 2.76 bits per heavy atom. The van der Waals surface area contributed by atoms with Crippen molar-refractivity contribution in [1.82, 2.24) is 9.97 Å². The maximum absolute atomic E-state index is 12.0. The SMILES string of the molecule is Cc1ccnc(NC(=O)[C@H](C)Oc2ccc(Cl)cc2Cl)n1. The average Bonchev–Trinajstić information content (AvgIpc) is 2.41. The van der Waals surface area contributed by atoms with E-state index in [2.05, 4.69) is 15.3 Å². The third-order valence-corrected chi connectivity index (χ3v) is 3.13. The van der Waals surface area contributed by atoms with Crippen LogP contribution in [0.5, 0.6) is 5.75 Å². The molecule has 2 aromatic rings. The number of aryl methyl sites for hydroxylation is 1. The van der Waals surface area contributed by atoms with Crippen molar-refractivity contribution >= 4 is 35.1 Å². The highest BCUT2D eigenvalue weighted by atomic mass is 35.5. The Labute approximate surface area is 132 Å². The summed E-state index contributed by atoms with van der Waals surface area (Å²) >= 11 is 11.8. The summed E-state index contributed by atoms with van der Waals surface area (Å²) in [6.07, 6.45) is 0.812. The minimum atomic E-state index is -0.757. The number of carbonyl (C=O) groups is 1. The molecule has 110 valence electrons. The number of benzene rings is 1. The first-order chi connectivity index (χ1) is 9.95. The van der Waals surface area contributed by atoms with E-state index in [1.165, 1.54) is 0 Å². The van der Waals surface area contributed by atoms with Crippen LogP contribution < -0.4 is 10.1 Å². The van der Waals surface area contributed by atoms with E-state index in [-0.39, 0.29) is 11.9 Å². The van der Waals surface area contributed by atoms with Crippen LogP contribution >= 0.6 is 23.2 Å². The van der Waals surface area contributed by atoms with Crippen LogP contribution in [0.2, 0.25) is 10.0 Å². The number of aromatic nitrogens is 2. The number of anilines is 1. The van der Waals surface area contributed by atoms with E-state index in [4.69, 9.17) is 27.9 Å². The molecule has 0 saturated heterocycles. The molecule has 0 aliphatic rings. The number of carbonyl (C=O) groups excluding carboxylic acids is 1. The first kappa shape index (κ1) is 15.5. The summed E-state index contributed by atoms with van der Waals surface area (Å²) in [5, 5.41) is 3.42. The van der Waals surface area contributed by atoms with Gasteiger partial charge in [0.1, 0.15) is 5.75 Å².